The average molecular weight is 175 g/mol. The number of rotatable bonds is 5. The second kappa shape index (κ2) is 5.61. The van der Waals surface area contributed by atoms with Crippen LogP contribution in [0.3, 0.4) is 0 Å². The molecule has 0 amide bonds. The lowest BCUT2D eigenvalue weighted by atomic mass is 10.1. The lowest BCUT2D eigenvalue weighted by Gasteiger charge is -2.15. The number of nitrogens with two attached hydrogens (primary N) is 1. The Hall–Kier alpha value is -0.0200. The Bertz CT molecular complexity index is 127. The molecule has 2 unspecified atom stereocenters. The third-order valence-corrected chi connectivity index (χ3v) is 3.25. The molecule has 2 N–H and O–H groups in total. The minimum Gasteiger partial charge on any atom is -0.330 e. The highest BCUT2D eigenvalue weighted by molar-refractivity contribution is 7.99. The Morgan fingerprint density at radius 2 is 2.09 bits per heavy atom. The van der Waals surface area contributed by atoms with Crippen molar-refractivity contribution in [1.29, 1.82) is 0 Å². The van der Waals surface area contributed by atoms with E-state index in [4.69, 9.17) is 5.73 Å². The first-order valence-corrected chi connectivity index (χ1v) is 4.96. The van der Waals surface area contributed by atoms with Crippen LogP contribution in [0.4, 0.5) is 0 Å². The smallest absolute Gasteiger partial charge is 0.133 e. The summed E-state index contributed by atoms with van der Waals surface area (Å²) in [5, 5.41) is 0.399. The number of hydrogen-bond donors (Lipinski definition) is 1. The molecule has 0 aliphatic heterocycles. The number of ketones is 1. The van der Waals surface area contributed by atoms with Gasteiger partial charge in [-0.1, -0.05) is 13.8 Å². The molecule has 0 heterocycles. The Kier molecular flexibility index (Phi) is 5.60. The second-order valence-electron chi connectivity index (χ2n) is 2.76. The molecule has 0 fully saturated rings. The highest BCUT2D eigenvalue weighted by Crippen LogP contribution is 2.18. The van der Waals surface area contributed by atoms with Gasteiger partial charge in [0.25, 0.3) is 0 Å². The summed E-state index contributed by atoms with van der Waals surface area (Å²) in [5.41, 5.74) is 5.35. The van der Waals surface area contributed by atoms with Gasteiger partial charge in [0.05, 0.1) is 0 Å². The standard InChI is InChI=1S/C8H17NOS/c1-6(7(2)10)8(3)11-5-4-9/h6,8H,4-5,9H2,1-3H3. The Labute approximate surface area is 72.9 Å². The van der Waals surface area contributed by atoms with Gasteiger partial charge in [-0.05, 0) is 6.92 Å². The van der Waals surface area contributed by atoms with Gasteiger partial charge in [0.15, 0.2) is 0 Å². The van der Waals surface area contributed by atoms with Gasteiger partial charge in [0.2, 0.25) is 0 Å². The van der Waals surface area contributed by atoms with Crippen molar-refractivity contribution in [2.45, 2.75) is 26.0 Å². The number of Topliss-reactive ketones (excluding diaryl/α,β-unsaturated/α-hetero) is 1. The van der Waals surface area contributed by atoms with E-state index in [-0.39, 0.29) is 11.7 Å². The molecule has 0 spiro atoms. The maximum Gasteiger partial charge on any atom is 0.133 e. The van der Waals surface area contributed by atoms with Crippen LogP contribution in [0.15, 0.2) is 0 Å². The third-order valence-electron chi connectivity index (χ3n) is 1.84. The molecule has 0 bridgehead atoms. The van der Waals surface area contributed by atoms with E-state index >= 15 is 0 Å². The monoisotopic (exact) mass is 175 g/mol. The van der Waals surface area contributed by atoms with Gasteiger partial charge in [0, 0.05) is 23.5 Å². The van der Waals surface area contributed by atoms with E-state index in [1.165, 1.54) is 0 Å². The summed E-state index contributed by atoms with van der Waals surface area (Å²) in [4.78, 5) is 10.9. The summed E-state index contributed by atoms with van der Waals surface area (Å²) in [6, 6.07) is 0. The Morgan fingerprint density at radius 3 is 2.45 bits per heavy atom. The molecule has 0 aromatic heterocycles. The van der Waals surface area contributed by atoms with E-state index in [0.717, 1.165) is 5.75 Å². The highest BCUT2D eigenvalue weighted by atomic mass is 32.2. The van der Waals surface area contributed by atoms with Gasteiger partial charge in [-0.25, -0.2) is 0 Å². The van der Waals surface area contributed by atoms with E-state index < -0.39 is 0 Å². The molecular weight excluding hydrogens is 158 g/mol. The maximum atomic E-state index is 10.9. The third kappa shape index (κ3) is 4.43. The number of thioether (sulfide) groups is 1. The lowest BCUT2D eigenvalue weighted by molar-refractivity contribution is -0.120. The summed E-state index contributed by atoms with van der Waals surface area (Å²) in [7, 11) is 0. The summed E-state index contributed by atoms with van der Waals surface area (Å²) in [6.07, 6.45) is 0. The molecule has 66 valence electrons. The van der Waals surface area contributed by atoms with E-state index in [0.29, 0.717) is 11.8 Å². The van der Waals surface area contributed by atoms with Crippen molar-refractivity contribution in [3.05, 3.63) is 0 Å². The van der Waals surface area contributed by atoms with E-state index in [1.54, 1.807) is 18.7 Å². The summed E-state index contributed by atoms with van der Waals surface area (Å²) in [5.74, 6) is 1.37. The van der Waals surface area contributed by atoms with Crippen molar-refractivity contribution in [3.63, 3.8) is 0 Å². The predicted molar refractivity (Wildman–Crippen MR) is 50.8 cm³/mol. The fourth-order valence-corrected chi connectivity index (χ4v) is 1.72. The van der Waals surface area contributed by atoms with E-state index in [2.05, 4.69) is 6.92 Å². The zero-order valence-electron chi connectivity index (χ0n) is 7.46. The molecule has 0 aliphatic carbocycles. The summed E-state index contributed by atoms with van der Waals surface area (Å²) < 4.78 is 0. The van der Waals surface area contributed by atoms with Gasteiger partial charge in [-0.3, -0.25) is 4.79 Å². The molecule has 2 atom stereocenters. The molecule has 0 aromatic carbocycles. The molecule has 2 nitrogen and oxygen atoms in total. The molecule has 11 heavy (non-hydrogen) atoms. The highest BCUT2D eigenvalue weighted by Gasteiger charge is 2.15. The second-order valence-corrected chi connectivity index (χ2v) is 4.25. The Morgan fingerprint density at radius 1 is 1.55 bits per heavy atom. The Balaban J connectivity index is 3.63. The van der Waals surface area contributed by atoms with Crippen molar-refractivity contribution in [1.82, 2.24) is 0 Å². The van der Waals surface area contributed by atoms with Gasteiger partial charge in [-0.2, -0.15) is 11.8 Å². The number of carbonyl (C=O) groups excluding carboxylic acids is 1. The normalized spacial score (nSPS) is 16.0. The number of hydrogen-bond acceptors (Lipinski definition) is 3. The van der Waals surface area contributed by atoms with Gasteiger partial charge >= 0.3 is 0 Å². The molecule has 0 aromatic rings. The maximum absolute atomic E-state index is 10.9. The summed E-state index contributed by atoms with van der Waals surface area (Å²) >= 11 is 1.77. The lowest BCUT2D eigenvalue weighted by Crippen LogP contribution is -2.19. The van der Waals surface area contributed by atoms with Crippen LogP contribution in [0.5, 0.6) is 0 Å². The number of carbonyl (C=O) groups is 1. The zero-order chi connectivity index (χ0) is 8.85. The molecule has 0 saturated carbocycles. The zero-order valence-corrected chi connectivity index (χ0v) is 8.28. The first kappa shape index (κ1) is 11.0. The molecule has 0 saturated heterocycles. The first-order chi connectivity index (χ1) is 5.09. The topological polar surface area (TPSA) is 43.1 Å². The van der Waals surface area contributed by atoms with Crippen LogP contribution in [0, 0.1) is 5.92 Å². The van der Waals surface area contributed by atoms with Crippen LogP contribution in [0.1, 0.15) is 20.8 Å². The molecule has 0 radical (unpaired) electrons. The van der Waals surface area contributed by atoms with Crippen LogP contribution in [-0.4, -0.2) is 23.3 Å². The van der Waals surface area contributed by atoms with E-state index in [1.807, 2.05) is 6.92 Å². The summed E-state index contributed by atoms with van der Waals surface area (Å²) in [6.45, 7) is 6.38. The van der Waals surface area contributed by atoms with Crippen molar-refractivity contribution in [3.8, 4) is 0 Å². The quantitative estimate of drug-likeness (QED) is 0.684. The molecule has 0 aliphatic rings. The van der Waals surface area contributed by atoms with Gasteiger partial charge < -0.3 is 5.73 Å². The first-order valence-electron chi connectivity index (χ1n) is 3.91. The van der Waals surface area contributed by atoms with Gasteiger partial charge in [-0.15, -0.1) is 0 Å². The minimum absolute atomic E-state index is 0.159. The van der Waals surface area contributed by atoms with Crippen molar-refractivity contribution >= 4 is 17.5 Å². The van der Waals surface area contributed by atoms with Crippen LogP contribution >= 0.6 is 11.8 Å². The fraction of sp³-hybridized carbons (Fsp3) is 0.875. The molecular formula is C8H17NOS. The van der Waals surface area contributed by atoms with Gasteiger partial charge in [0.1, 0.15) is 5.78 Å². The van der Waals surface area contributed by atoms with Crippen molar-refractivity contribution in [2.75, 3.05) is 12.3 Å². The van der Waals surface area contributed by atoms with Crippen LogP contribution in [0.25, 0.3) is 0 Å². The van der Waals surface area contributed by atoms with Crippen molar-refractivity contribution < 1.29 is 4.79 Å². The van der Waals surface area contributed by atoms with Crippen molar-refractivity contribution in [2.24, 2.45) is 11.7 Å². The largest absolute Gasteiger partial charge is 0.330 e. The van der Waals surface area contributed by atoms with Crippen LogP contribution in [0.2, 0.25) is 0 Å². The minimum atomic E-state index is 0.159. The average Bonchev–Trinajstić information content (AvgIpc) is 1.98. The SMILES string of the molecule is CC(=O)C(C)C(C)SCCN. The van der Waals surface area contributed by atoms with Crippen LogP contribution < -0.4 is 5.73 Å². The fourth-order valence-electron chi connectivity index (χ4n) is 0.729. The predicted octanol–water partition coefficient (Wildman–Crippen LogP) is 1.29. The molecule has 3 heteroatoms. The van der Waals surface area contributed by atoms with Crippen LogP contribution in [-0.2, 0) is 4.79 Å². The molecule has 0 rings (SSSR count). The van der Waals surface area contributed by atoms with E-state index in [9.17, 15) is 4.79 Å².